The predicted octanol–water partition coefficient (Wildman–Crippen LogP) is 0.925. The molecule has 1 heterocycles. The van der Waals surface area contributed by atoms with Gasteiger partial charge in [0.25, 0.3) is 0 Å². The molecule has 4 nitrogen and oxygen atoms in total. The lowest BCUT2D eigenvalue weighted by molar-refractivity contribution is 0.613. The van der Waals surface area contributed by atoms with Crippen LogP contribution in [0.2, 0.25) is 0 Å². The van der Waals surface area contributed by atoms with Gasteiger partial charge in [0, 0.05) is 7.05 Å². The largest absolute Gasteiger partial charge is 0.253 e. The summed E-state index contributed by atoms with van der Waals surface area (Å²) in [4.78, 5) is 4.18. The molecule has 0 aromatic carbocycles. The first-order valence-electron chi connectivity index (χ1n) is 3.77. The SMILES string of the molecule is Cc1nc(C(C)(C)C#N)nn1C. The number of nitrogens with zero attached hydrogens (tertiary/aromatic N) is 4. The van der Waals surface area contributed by atoms with E-state index in [0.29, 0.717) is 5.82 Å². The molecule has 4 heteroatoms. The second kappa shape index (κ2) is 2.59. The molecule has 0 atom stereocenters. The lowest BCUT2D eigenvalue weighted by Gasteiger charge is -2.08. The molecule has 0 saturated carbocycles. The van der Waals surface area contributed by atoms with E-state index in [4.69, 9.17) is 5.26 Å². The Morgan fingerprint density at radius 1 is 1.50 bits per heavy atom. The van der Waals surface area contributed by atoms with E-state index in [0.717, 1.165) is 5.82 Å². The number of hydrogen-bond donors (Lipinski definition) is 0. The molecule has 0 radical (unpaired) electrons. The zero-order valence-corrected chi connectivity index (χ0v) is 7.79. The van der Waals surface area contributed by atoms with Crippen molar-refractivity contribution in [3.8, 4) is 6.07 Å². The number of aromatic nitrogens is 3. The maximum absolute atomic E-state index is 8.81. The smallest absolute Gasteiger partial charge is 0.170 e. The van der Waals surface area contributed by atoms with Crippen molar-refractivity contribution in [3.05, 3.63) is 11.6 Å². The van der Waals surface area contributed by atoms with Gasteiger partial charge in [0.15, 0.2) is 5.82 Å². The Balaban J connectivity index is 3.14. The highest BCUT2D eigenvalue weighted by Gasteiger charge is 2.25. The second-order valence-electron chi connectivity index (χ2n) is 3.34. The van der Waals surface area contributed by atoms with Crippen LogP contribution in [-0.4, -0.2) is 14.8 Å². The van der Waals surface area contributed by atoms with Crippen LogP contribution >= 0.6 is 0 Å². The molecule has 0 amide bonds. The van der Waals surface area contributed by atoms with Crippen molar-refractivity contribution in [1.82, 2.24) is 14.8 Å². The lowest BCUT2D eigenvalue weighted by Crippen LogP contribution is -2.16. The van der Waals surface area contributed by atoms with E-state index < -0.39 is 5.41 Å². The third kappa shape index (κ3) is 1.30. The summed E-state index contributed by atoms with van der Waals surface area (Å²) in [6, 6.07) is 2.16. The van der Waals surface area contributed by atoms with Crippen molar-refractivity contribution in [3.63, 3.8) is 0 Å². The fourth-order valence-corrected chi connectivity index (χ4v) is 0.777. The van der Waals surface area contributed by atoms with Crippen molar-refractivity contribution in [2.45, 2.75) is 26.2 Å². The molecule has 1 rings (SSSR count). The van der Waals surface area contributed by atoms with Gasteiger partial charge >= 0.3 is 0 Å². The Morgan fingerprint density at radius 2 is 2.08 bits per heavy atom. The normalized spacial score (nSPS) is 11.2. The van der Waals surface area contributed by atoms with Crippen LogP contribution in [0.5, 0.6) is 0 Å². The van der Waals surface area contributed by atoms with E-state index >= 15 is 0 Å². The van der Waals surface area contributed by atoms with Gasteiger partial charge < -0.3 is 0 Å². The molecule has 0 aliphatic rings. The van der Waals surface area contributed by atoms with E-state index in [1.807, 2.05) is 27.8 Å². The Morgan fingerprint density at radius 3 is 2.42 bits per heavy atom. The first-order chi connectivity index (χ1) is 5.47. The summed E-state index contributed by atoms with van der Waals surface area (Å²) in [5.74, 6) is 1.42. The van der Waals surface area contributed by atoms with Crippen LogP contribution in [0.1, 0.15) is 25.5 Å². The van der Waals surface area contributed by atoms with Crippen molar-refractivity contribution in [2.24, 2.45) is 7.05 Å². The zero-order chi connectivity index (χ0) is 9.35. The molecule has 0 saturated heterocycles. The third-order valence-electron chi connectivity index (χ3n) is 1.82. The fourth-order valence-electron chi connectivity index (χ4n) is 0.777. The van der Waals surface area contributed by atoms with Gasteiger partial charge in [-0.05, 0) is 20.8 Å². The molecular weight excluding hydrogens is 152 g/mol. The Bertz CT molecular complexity index is 310. The van der Waals surface area contributed by atoms with E-state index in [2.05, 4.69) is 16.2 Å². The molecule has 0 aliphatic heterocycles. The molecule has 0 N–H and O–H groups in total. The summed E-state index contributed by atoms with van der Waals surface area (Å²) in [5, 5.41) is 12.9. The highest BCUT2D eigenvalue weighted by atomic mass is 15.3. The summed E-state index contributed by atoms with van der Waals surface area (Å²) < 4.78 is 1.68. The Labute approximate surface area is 71.8 Å². The first-order valence-corrected chi connectivity index (χ1v) is 3.77. The highest BCUT2D eigenvalue weighted by molar-refractivity contribution is 5.15. The molecule has 12 heavy (non-hydrogen) atoms. The van der Waals surface area contributed by atoms with E-state index in [-0.39, 0.29) is 0 Å². The number of aryl methyl sites for hydroxylation is 2. The van der Waals surface area contributed by atoms with Gasteiger partial charge in [-0.2, -0.15) is 10.4 Å². The van der Waals surface area contributed by atoms with Crippen molar-refractivity contribution < 1.29 is 0 Å². The van der Waals surface area contributed by atoms with Gasteiger partial charge in [-0.3, -0.25) is 4.68 Å². The van der Waals surface area contributed by atoms with Crippen molar-refractivity contribution in [2.75, 3.05) is 0 Å². The molecule has 64 valence electrons. The number of nitriles is 1. The minimum atomic E-state index is -0.591. The van der Waals surface area contributed by atoms with Gasteiger partial charge in [-0.25, -0.2) is 4.98 Å². The third-order valence-corrected chi connectivity index (χ3v) is 1.82. The topological polar surface area (TPSA) is 54.5 Å². The number of hydrogen-bond acceptors (Lipinski definition) is 3. The van der Waals surface area contributed by atoms with Gasteiger partial charge in [0.05, 0.1) is 6.07 Å². The average molecular weight is 164 g/mol. The number of rotatable bonds is 1. The maximum Gasteiger partial charge on any atom is 0.170 e. The van der Waals surface area contributed by atoms with Gasteiger partial charge in [0.1, 0.15) is 11.2 Å². The predicted molar refractivity (Wildman–Crippen MR) is 44.4 cm³/mol. The average Bonchev–Trinajstić information content (AvgIpc) is 2.33. The van der Waals surface area contributed by atoms with E-state index in [1.54, 1.807) is 4.68 Å². The van der Waals surface area contributed by atoms with Crippen LogP contribution in [0.3, 0.4) is 0 Å². The quantitative estimate of drug-likeness (QED) is 0.620. The standard InChI is InChI=1S/C8H12N4/c1-6-10-7(11-12(6)4)8(2,3)5-9/h1-4H3. The van der Waals surface area contributed by atoms with Crippen molar-refractivity contribution >= 4 is 0 Å². The molecule has 0 spiro atoms. The molecule has 0 unspecified atom stereocenters. The molecule has 0 aliphatic carbocycles. The summed E-state index contributed by atoms with van der Waals surface area (Å²) in [6.45, 7) is 5.48. The van der Waals surface area contributed by atoms with Crippen LogP contribution < -0.4 is 0 Å². The monoisotopic (exact) mass is 164 g/mol. The van der Waals surface area contributed by atoms with Crippen molar-refractivity contribution in [1.29, 1.82) is 5.26 Å². The van der Waals surface area contributed by atoms with E-state index in [9.17, 15) is 0 Å². The van der Waals surface area contributed by atoms with Crippen LogP contribution in [0.25, 0.3) is 0 Å². The summed E-state index contributed by atoms with van der Waals surface area (Å²) in [5.41, 5.74) is -0.591. The minimum Gasteiger partial charge on any atom is -0.253 e. The minimum absolute atomic E-state index is 0.588. The van der Waals surface area contributed by atoms with E-state index in [1.165, 1.54) is 0 Å². The zero-order valence-electron chi connectivity index (χ0n) is 7.79. The fraction of sp³-hybridized carbons (Fsp3) is 0.625. The summed E-state index contributed by atoms with van der Waals surface area (Å²) in [7, 11) is 1.82. The van der Waals surface area contributed by atoms with Crippen LogP contribution in [0, 0.1) is 18.3 Å². The van der Waals surface area contributed by atoms with Crippen LogP contribution in [0.4, 0.5) is 0 Å². The van der Waals surface area contributed by atoms with Gasteiger partial charge in [-0.15, -0.1) is 0 Å². The van der Waals surface area contributed by atoms with Gasteiger partial charge in [0.2, 0.25) is 0 Å². The Kier molecular flexibility index (Phi) is 1.89. The second-order valence-corrected chi connectivity index (χ2v) is 3.34. The Hall–Kier alpha value is -1.37. The van der Waals surface area contributed by atoms with Crippen LogP contribution in [0.15, 0.2) is 0 Å². The molecule has 1 aromatic heterocycles. The molecular formula is C8H12N4. The lowest BCUT2D eigenvalue weighted by atomic mass is 9.95. The highest BCUT2D eigenvalue weighted by Crippen LogP contribution is 2.17. The van der Waals surface area contributed by atoms with Crippen LogP contribution in [-0.2, 0) is 12.5 Å². The molecule has 1 aromatic rings. The summed E-state index contributed by atoms with van der Waals surface area (Å²) in [6.07, 6.45) is 0. The van der Waals surface area contributed by atoms with Gasteiger partial charge in [-0.1, -0.05) is 0 Å². The molecule has 0 fully saturated rings. The molecule has 0 bridgehead atoms. The first kappa shape index (κ1) is 8.72. The maximum atomic E-state index is 8.81. The summed E-state index contributed by atoms with van der Waals surface area (Å²) >= 11 is 0.